The highest BCUT2D eigenvalue weighted by Gasteiger charge is 2.25. The average Bonchev–Trinajstić information content (AvgIpc) is 2.96. The molecule has 1 unspecified atom stereocenters. The zero-order valence-electron chi connectivity index (χ0n) is 25.4. The predicted octanol–water partition coefficient (Wildman–Crippen LogP) is 1.80. The van der Waals surface area contributed by atoms with Crippen molar-refractivity contribution in [3.8, 4) is 17.2 Å². The van der Waals surface area contributed by atoms with E-state index >= 15 is 0 Å². The first-order valence-corrected chi connectivity index (χ1v) is 13.2. The van der Waals surface area contributed by atoms with Crippen molar-refractivity contribution < 1.29 is 48.1 Å². The molecule has 0 radical (unpaired) electrons. The number of carbonyl (C=O) groups excluding carboxylic acids is 5. The molecule has 0 bridgehead atoms. The first-order valence-electron chi connectivity index (χ1n) is 13.2. The Labute approximate surface area is 250 Å². The van der Waals surface area contributed by atoms with E-state index in [0.717, 1.165) is 6.92 Å². The summed E-state index contributed by atoms with van der Waals surface area (Å²) in [5, 5.41) is 15.1. The Balaban J connectivity index is 0.00000217. The lowest BCUT2D eigenvalue weighted by molar-refractivity contribution is -0.134. The number of aliphatic carboxylic acids is 1. The molecule has 13 nitrogen and oxygen atoms in total. The first kappa shape index (κ1) is 36.1. The number of hydrogen-bond donors (Lipinski definition) is 4. The van der Waals surface area contributed by atoms with Gasteiger partial charge in [-0.2, -0.15) is 0 Å². The van der Waals surface area contributed by atoms with E-state index in [1.165, 1.54) is 28.3 Å². The molecule has 3 amide bonds. The quantitative estimate of drug-likeness (QED) is 0.233. The molecule has 1 atom stereocenters. The second-order valence-electron chi connectivity index (χ2n) is 9.54. The molecule has 0 aliphatic heterocycles. The lowest BCUT2D eigenvalue weighted by atomic mass is 10.0. The average molecular weight is 602 g/mol. The first-order chi connectivity index (χ1) is 20.2. The fourth-order valence-electron chi connectivity index (χ4n) is 3.77. The van der Waals surface area contributed by atoms with Crippen molar-refractivity contribution in [3.63, 3.8) is 0 Å². The molecular formula is C30H39N3O10. The number of ketones is 2. The van der Waals surface area contributed by atoms with Gasteiger partial charge >= 0.3 is 0 Å². The standard InChI is InChI=1S/C28H35N3O8.C2H4O2/c1-16(2)26(31-24(34)13-19-12-18(17(3)32)10-11-21(19)37-4)28(36)30-15-20(33)14-29-27(35)25-22(38-5)8-7-9-23(25)39-6;1-2(3)4/h7-12,16,26H,13-15H2,1-6H3,(H,29,35)(H,30,36)(H,31,34);1H3,(H,3,4). The second kappa shape index (κ2) is 17.8. The van der Waals surface area contributed by atoms with E-state index in [1.807, 2.05) is 0 Å². The molecular weight excluding hydrogens is 562 g/mol. The Morgan fingerprint density at radius 2 is 1.35 bits per heavy atom. The summed E-state index contributed by atoms with van der Waals surface area (Å²) < 4.78 is 15.7. The van der Waals surface area contributed by atoms with Gasteiger partial charge in [0.25, 0.3) is 11.9 Å². The van der Waals surface area contributed by atoms with Crippen molar-refractivity contribution in [2.75, 3.05) is 34.4 Å². The highest BCUT2D eigenvalue weighted by atomic mass is 16.5. The summed E-state index contributed by atoms with van der Waals surface area (Å²) in [6, 6.07) is 8.74. The SMILES string of the molecule is CC(=O)O.COc1ccc(C(C)=O)cc1CC(=O)NC(C(=O)NCC(=O)CNC(=O)c1c(OC)cccc1OC)C(C)C. The summed E-state index contributed by atoms with van der Waals surface area (Å²) in [6.45, 7) is 5.32. The van der Waals surface area contributed by atoms with Crippen molar-refractivity contribution in [2.45, 2.75) is 40.2 Å². The van der Waals surface area contributed by atoms with Gasteiger partial charge in [-0.3, -0.25) is 28.8 Å². The molecule has 13 heteroatoms. The second-order valence-corrected chi connectivity index (χ2v) is 9.54. The van der Waals surface area contributed by atoms with Crippen LogP contribution in [-0.4, -0.2) is 80.8 Å². The Kier molecular flexibility index (Phi) is 14.9. The summed E-state index contributed by atoms with van der Waals surface area (Å²) >= 11 is 0. The lowest BCUT2D eigenvalue weighted by Crippen LogP contribution is -2.51. The molecule has 43 heavy (non-hydrogen) atoms. The van der Waals surface area contributed by atoms with Gasteiger partial charge in [-0.25, -0.2) is 0 Å². The van der Waals surface area contributed by atoms with Crippen molar-refractivity contribution in [1.82, 2.24) is 16.0 Å². The summed E-state index contributed by atoms with van der Waals surface area (Å²) in [5.41, 5.74) is 1.09. The number of nitrogens with one attached hydrogen (secondary N) is 3. The Morgan fingerprint density at radius 1 is 0.814 bits per heavy atom. The largest absolute Gasteiger partial charge is 0.496 e. The van der Waals surface area contributed by atoms with Gasteiger partial charge in [-0.05, 0) is 43.2 Å². The van der Waals surface area contributed by atoms with Gasteiger partial charge in [0.1, 0.15) is 28.9 Å². The number of benzene rings is 2. The molecule has 0 heterocycles. The van der Waals surface area contributed by atoms with Gasteiger partial charge in [-0.1, -0.05) is 19.9 Å². The van der Waals surface area contributed by atoms with E-state index < -0.39 is 35.5 Å². The number of hydrogen-bond acceptors (Lipinski definition) is 9. The molecule has 2 rings (SSSR count). The summed E-state index contributed by atoms with van der Waals surface area (Å²) in [6.07, 6.45) is -0.113. The topological polar surface area (TPSA) is 186 Å². The minimum atomic E-state index is -0.917. The molecule has 0 aliphatic rings. The van der Waals surface area contributed by atoms with E-state index in [-0.39, 0.29) is 48.3 Å². The van der Waals surface area contributed by atoms with E-state index in [0.29, 0.717) is 16.9 Å². The van der Waals surface area contributed by atoms with Crippen molar-refractivity contribution in [3.05, 3.63) is 53.1 Å². The van der Waals surface area contributed by atoms with Gasteiger partial charge < -0.3 is 35.3 Å². The third-order valence-corrected chi connectivity index (χ3v) is 5.86. The molecule has 0 fully saturated rings. The number of carboxylic acids is 1. The van der Waals surface area contributed by atoms with Crippen LogP contribution in [0.4, 0.5) is 0 Å². The van der Waals surface area contributed by atoms with Crippen LogP contribution in [0, 0.1) is 5.92 Å². The fraction of sp³-hybridized carbons (Fsp3) is 0.400. The van der Waals surface area contributed by atoms with Gasteiger partial charge in [0.15, 0.2) is 11.6 Å². The van der Waals surface area contributed by atoms with Crippen LogP contribution in [0.1, 0.15) is 54.0 Å². The number of amides is 3. The number of rotatable bonds is 14. The Hall–Kier alpha value is -4.94. The van der Waals surface area contributed by atoms with Crippen LogP contribution < -0.4 is 30.2 Å². The maximum absolute atomic E-state index is 12.8. The normalized spacial score (nSPS) is 10.8. The molecule has 0 aliphatic carbocycles. The van der Waals surface area contributed by atoms with E-state index in [2.05, 4.69) is 16.0 Å². The number of Topliss-reactive ketones (excluding diaryl/α,β-unsaturated/α-hetero) is 2. The van der Waals surface area contributed by atoms with Gasteiger partial charge in [0.2, 0.25) is 11.8 Å². The molecule has 0 aromatic heterocycles. The van der Waals surface area contributed by atoms with Crippen molar-refractivity contribution in [1.29, 1.82) is 0 Å². The zero-order chi connectivity index (χ0) is 32.7. The highest BCUT2D eigenvalue weighted by Crippen LogP contribution is 2.28. The van der Waals surface area contributed by atoms with Crippen LogP contribution in [0.2, 0.25) is 0 Å². The van der Waals surface area contributed by atoms with Gasteiger partial charge in [0.05, 0.1) is 40.8 Å². The smallest absolute Gasteiger partial charge is 0.300 e. The summed E-state index contributed by atoms with van der Waals surface area (Å²) in [7, 11) is 4.28. The molecule has 4 N–H and O–H groups in total. The molecule has 2 aromatic rings. The minimum Gasteiger partial charge on any atom is -0.496 e. The van der Waals surface area contributed by atoms with E-state index in [1.54, 1.807) is 50.2 Å². The van der Waals surface area contributed by atoms with Crippen LogP contribution in [0.3, 0.4) is 0 Å². The molecule has 2 aromatic carbocycles. The van der Waals surface area contributed by atoms with E-state index in [4.69, 9.17) is 24.1 Å². The fourth-order valence-corrected chi connectivity index (χ4v) is 3.77. The van der Waals surface area contributed by atoms with Crippen molar-refractivity contribution in [2.24, 2.45) is 5.92 Å². The van der Waals surface area contributed by atoms with Crippen LogP contribution in [-0.2, 0) is 25.6 Å². The van der Waals surface area contributed by atoms with Crippen LogP contribution in [0.15, 0.2) is 36.4 Å². The Morgan fingerprint density at radius 3 is 1.84 bits per heavy atom. The van der Waals surface area contributed by atoms with Crippen LogP contribution >= 0.6 is 0 Å². The van der Waals surface area contributed by atoms with Crippen LogP contribution in [0.5, 0.6) is 17.2 Å². The summed E-state index contributed by atoms with van der Waals surface area (Å²) in [4.78, 5) is 71.3. The lowest BCUT2D eigenvalue weighted by Gasteiger charge is -2.22. The monoisotopic (exact) mass is 601 g/mol. The number of carbonyl (C=O) groups is 6. The summed E-state index contributed by atoms with van der Waals surface area (Å²) in [5.74, 6) is -2.28. The van der Waals surface area contributed by atoms with Crippen molar-refractivity contribution >= 4 is 35.3 Å². The minimum absolute atomic E-state index is 0.113. The maximum Gasteiger partial charge on any atom is 0.300 e. The van der Waals surface area contributed by atoms with Crippen LogP contribution in [0.25, 0.3) is 0 Å². The molecule has 0 spiro atoms. The predicted molar refractivity (Wildman–Crippen MR) is 157 cm³/mol. The molecule has 234 valence electrons. The number of ether oxygens (including phenoxy) is 3. The van der Waals surface area contributed by atoms with E-state index in [9.17, 15) is 24.0 Å². The van der Waals surface area contributed by atoms with Gasteiger partial charge in [0, 0.05) is 18.1 Å². The third-order valence-electron chi connectivity index (χ3n) is 5.86. The maximum atomic E-state index is 12.8. The zero-order valence-corrected chi connectivity index (χ0v) is 25.4. The van der Waals surface area contributed by atoms with Gasteiger partial charge in [-0.15, -0.1) is 0 Å². The number of carboxylic acid groups (broad SMARTS) is 1. The Bertz CT molecular complexity index is 1300. The number of methoxy groups -OCH3 is 3. The molecule has 0 saturated carbocycles. The molecule has 0 saturated heterocycles. The third kappa shape index (κ3) is 11.8. The highest BCUT2D eigenvalue weighted by molar-refractivity contribution is 6.02.